The van der Waals surface area contributed by atoms with Crippen LogP contribution in [0.5, 0.6) is 0 Å². The van der Waals surface area contributed by atoms with E-state index in [2.05, 4.69) is 0 Å². The van der Waals surface area contributed by atoms with Gasteiger partial charge in [-0.05, 0) is 24.3 Å². The molecule has 0 unspecified atom stereocenters. The fourth-order valence-electron chi connectivity index (χ4n) is 1.85. The van der Waals surface area contributed by atoms with Crippen molar-refractivity contribution < 1.29 is 17.6 Å². The topological polar surface area (TPSA) is 0 Å². The summed E-state index contributed by atoms with van der Waals surface area (Å²) in [5.74, 6) is 0. The van der Waals surface area contributed by atoms with Crippen LogP contribution in [0.1, 0.15) is 11.1 Å². The van der Waals surface area contributed by atoms with Crippen molar-refractivity contribution in [2.75, 3.05) is 0 Å². The van der Waals surface area contributed by atoms with E-state index in [-0.39, 0.29) is 10.0 Å². The molecule has 0 saturated heterocycles. The maximum Gasteiger partial charge on any atom is 0.431 e. The third kappa shape index (κ3) is 2.63. The summed E-state index contributed by atoms with van der Waals surface area (Å²) >= 11 is 11.2. The molecule has 0 fully saturated rings. The second-order valence-electron chi connectivity index (χ2n) is 4.17. The Kier molecular flexibility index (Phi) is 3.98. The Morgan fingerprint density at radius 3 is 1.15 bits per heavy atom. The van der Waals surface area contributed by atoms with Crippen LogP contribution in [-0.2, 0) is 5.67 Å². The highest BCUT2D eigenvalue weighted by Crippen LogP contribution is 2.47. The summed E-state index contributed by atoms with van der Waals surface area (Å²) in [6, 6.07) is 8.93. The lowest BCUT2D eigenvalue weighted by Crippen LogP contribution is -2.39. The van der Waals surface area contributed by atoms with Crippen molar-refractivity contribution in [3.05, 3.63) is 69.7 Å². The molecule has 0 spiro atoms. The van der Waals surface area contributed by atoms with Gasteiger partial charge in [-0.15, -0.1) is 0 Å². The quantitative estimate of drug-likeness (QED) is 0.616. The summed E-state index contributed by atoms with van der Waals surface area (Å²) in [6.45, 7) is 0. The average Bonchev–Trinajstić information content (AvgIpc) is 2.38. The molecular weight excluding hydrogens is 315 g/mol. The van der Waals surface area contributed by atoms with E-state index in [1.54, 1.807) is 0 Å². The van der Waals surface area contributed by atoms with Crippen LogP contribution in [0, 0.1) is 0 Å². The molecule has 2 aromatic rings. The van der Waals surface area contributed by atoms with Gasteiger partial charge in [0, 0.05) is 21.2 Å². The van der Waals surface area contributed by atoms with Crippen molar-refractivity contribution in [2.24, 2.45) is 0 Å². The standard InChI is InChI=1S/C14H8Cl2F4/c15-11-5-1-9(2-6-11)13(17,14(18,19)20)10-3-7-12(16)8-4-10/h1-8H. The van der Waals surface area contributed by atoms with Gasteiger partial charge in [0.1, 0.15) is 0 Å². The molecule has 0 heterocycles. The Hall–Kier alpha value is -1.26. The third-order valence-corrected chi connectivity index (χ3v) is 3.38. The Bertz CT molecular complexity index is 543. The van der Waals surface area contributed by atoms with E-state index in [4.69, 9.17) is 23.2 Å². The van der Waals surface area contributed by atoms with Gasteiger partial charge in [0.15, 0.2) is 0 Å². The van der Waals surface area contributed by atoms with Crippen LogP contribution in [0.4, 0.5) is 17.6 Å². The predicted molar refractivity (Wildman–Crippen MR) is 70.8 cm³/mol. The van der Waals surface area contributed by atoms with Crippen molar-refractivity contribution in [1.29, 1.82) is 0 Å². The molecular formula is C14H8Cl2F4. The number of hydrogen-bond acceptors (Lipinski definition) is 0. The van der Waals surface area contributed by atoms with Crippen molar-refractivity contribution in [2.45, 2.75) is 11.8 Å². The van der Waals surface area contributed by atoms with Gasteiger partial charge in [0.2, 0.25) is 0 Å². The molecule has 0 aliphatic rings. The minimum absolute atomic E-state index is 0.231. The van der Waals surface area contributed by atoms with Gasteiger partial charge in [0.25, 0.3) is 5.67 Å². The van der Waals surface area contributed by atoms with Crippen LogP contribution in [0.15, 0.2) is 48.5 Å². The lowest BCUT2D eigenvalue weighted by atomic mass is 9.87. The van der Waals surface area contributed by atoms with E-state index in [0.29, 0.717) is 0 Å². The highest BCUT2D eigenvalue weighted by atomic mass is 35.5. The van der Waals surface area contributed by atoms with Gasteiger partial charge in [-0.25, -0.2) is 4.39 Å². The first-order valence-electron chi connectivity index (χ1n) is 5.53. The van der Waals surface area contributed by atoms with Gasteiger partial charge in [0.05, 0.1) is 0 Å². The normalized spacial score (nSPS) is 12.5. The fraction of sp³-hybridized carbons (Fsp3) is 0.143. The summed E-state index contributed by atoms with van der Waals surface area (Å²) in [5, 5.41) is 0.462. The largest absolute Gasteiger partial charge is 0.431 e. The van der Waals surface area contributed by atoms with Crippen LogP contribution in [0.2, 0.25) is 10.0 Å². The summed E-state index contributed by atoms with van der Waals surface area (Å²) in [6.07, 6.45) is -5.10. The molecule has 0 aliphatic carbocycles. The maximum absolute atomic E-state index is 14.8. The summed E-state index contributed by atoms with van der Waals surface area (Å²) in [4.78, 5) is 0. The second kappa shape index (κ2) is 5.26. The number of rotatable bonds is 2. The molecule has 2 rings (SSSR count). The van der Waals surface area contributed by atoms with Crippen molar-refractivity contribution >= 4 is 23.2 Å². The minimum atomic E-state index is -5.10. The van der Waals surface area contributed by atoms with Gasteiger partial charge in [-0.2, -0.15) is 13.2 Å². The highest BCUT2D eigenvalue weighted by molar-refractivity contribution is 6.30. The molecule has 20 heavy (non-hydrogen) atoms. The zero-order valence-electron chi connectivity index (χ0n) is 9.89. The summed E-state index contributed by atoms with van der Waals surface area (Å²) in [5.41, 5.74) is -4.67. The molecule has 6 heteroatoms. The SMILES string of the molecule is FC(F)(F)C(F)(c1ccc(Cl)cc1)c1ccc(Cl)cc1. The van der Waals surface area contributed by atoms with Crippen LogP contribution in [0.25, 0.3) is 0 Å². The van der Waals surface area contributed by atoms with Crippen molar-refractivity contribution in [3.8, 4) is 0 Å². The molecule has 0 aliphatic heterocycles. The molecule has 0 bridgehead atoms. The van der Waals surface area contributed by atoms with Gasteiger partial charge in [-0.3, -0.25) is 0 Å². The molecule has 0 aromatic heterocycles. The minimum Gasteiger partial charge on any atom is -0.223 e. The molecule has 0 nitrogen and oxygen atoms in total. The molecule has 106 valence electrons. The number of hydrogen-bond donors (Lipinski definition) is 0. The van der Waals surface area contributed by atoms with Crippen LogP contribution >= 0.6 is 23.2 Å². The van der Waals surface area contributed by atoms with E-state index < -0.39 is 23.0 Å². The molecule has 0 saturated carbocycles. The van der Waals surface area contributed by atoms with Crippen LogP contribution in [0.3, 0.4) is 0 Å². The molecule has 0 radical (unpaired) electrons. The van der Waals surface area contributed by atoms with E-state index in [9.17, 15) is 17.6 Å². The van der Waals surface area contributed by atoms with Crippen molar-refractivity contribution in [3.63, 3.8) is 0 Å². The van der Waals surface area contributed by atoms with E-state index in [0.717, 1.165) is 24.3 Å². The Morgan fingerprint density at radius 1 is 0.600 bits per heavy atom. The van der Waals surface area contributed by atoms with Gasteiger partial charge >= 0.3 is 6.18 Å². The van der Waals surface area contributed by atoms with E-state index in [1.807, 2.05) is 0 Å². The molecule has 0 amide bonds. The summed E-state index contributed by atoms with van der Waals surface area (Å²) < 4.78 is 54.5. The lowest BCUT2D eigenvalue weighted by Gasteiger charge is -2.29. The van der Waals surface area contributed by atoms with Crippen molar-refractivity contribution in [1.82, 2.24) is 0 Å². The number of alkyl halides is 4. The lowest BCUT2D eigenvalue weighted by molar-refractivity contribution is -0.219. The Labute approximate surface area is 122 Å². The Morgan fingerprint density at radius 2 is 0.900 bits per heavy atom. The zero-order valence-corrected chi connectivity index (χ0v) is 11.4. The third-order valence-electron chi connectivity index (χ3n) is 2.87. The smallest absolute Gasteiger partial charge is 0.223 e. The average molecular weight is 323 g/mol. The first kappa shape index (κ1) is 15.1. The fourth-order valence-corrected chi connectivity index (χ4v) is 2.11. The predicted octanol–water partition coefficient (Wildman–Crippen LogP) is 5.77. The molecule has 0 N–H and O–H groups in total. The zero-order chi connectivity index (χ0) is 15.0. The second-order valence-corrected chi connectivity index (χ2v) is 5.04. The number of benzene rings is 2. The number of halogens is 6. The monoisotopic (exact) mass is 322 g/mol. The van der Waals surface area contributed by atoms with Crippen LogP contribution in [-0.4, -0.2) is 6.18 Å². The first-order chi connectivity index (χ1) is 9.25. The maximum atomic E-state index is 14.8. The first-order valence-corrected chi connectivity index (χ1v) is 6.28. The van der Waals surface area contributed by atoms with Gasteiger partial charge in [-0.1, -0.05) is 47.5 Å². The molecule has 2 aromatic carbocycles. The highest BCUT2D eigenvalue weighted by Gasteiger charge is 2.58. The molecule has 0 atom stereocenters. The van der Waals surface area contributed by atoms with E-state index >= 15 is 0 Å². The van der Waals surface area contributed by atoms with Crippen LogP contribution < -0.4 is 0 Å². The summed E-state index contributed by atoms with van der Waals surface area (Å²) in [7, 11) is 0. The Balaban J connectivity index is 2.62. The van der Waals surface area contributed by atoms with E-state index in [1.165, 1.54) is 24.3 Å². The van der Waals surface area contributed by atoms with Gasteiger partial charge < -0.3 is 0 Å².